The summed E-state index contributed by atoms with van der Waals surface area (Å²) in [6.45, 7) is 12.0. The normalized spacial score (nSPS) is 12.4. The lowest BCUT2D eigenvalue weighted by molar-refractivity contribution is -0.113. The zero-order valence-electron chi connectivity index (χ0n) is 8.03. The second kappa shape index (κ2) is 3.86. The molecule has 0 aromatic rings. The monoisotopic (exact) mass is 170 g/mol. The van der Waals surface area contributed by atoms with Gasteiger partial charge >= 0.3 is 0 Å². The lowest BCUT2D eigenvalue weighted by atomic mass is 10.2. The van der Waals surface area contributed by atoms with E-state index in [1.807, 2.05) is 0 Å². The number of carbonyl (C=O) groups is 1. The van der Waals surface area contributed by atoms with Crippen LogP contribution in [-0.2, 0) is 4.79 Å². The highest BCUT2D eigenvalue weighted by atomic mass is 28.2. The van der Waals surface area contributed by atoms with Crippen LogP contribution in [0.25, 0.3) is 0 Å². The van der Waals surface area contributed by atoms with Gasteiger partial charge in [0.15, 0.2) is 5.78 Å². The summed E-state index contributed by atoms with van der Waals surface area (Å²) in [5.74, 6) is 0.256. The zero-order chi connectivity index (χ0) is 9.07. The van der Waals surface area contributed by atoms with Crippen molar-refractivity contribution in [3.63, 3.8) is 0 Å². The molecule has 0 aromatic heterocycles. The predicted octanol–water partition coefficient (Wildman–Crippen LogP) is 1.94. The highest BCUT2D eigenvalue weighted by molar-refractivity contribution is 6.46. The Morgan fingerprint density at radius 1 is 1.45 bits per heavy atom. The van der Waals surface area contributed by atoms with Crippen LogP contribution in [0.4, 0.5) is 0 Å². The summed E-state index contributed by atoms with van der Waals surface area (Å²) in [7, 11) is -0.251. The summed E-state index contributed by atoms with van der Waals surface area (Å²) in [5.41, 5.74) is 0.710. The molecule has 0 aliphatic heterocycles. The van der Waals surface area contributed by atoms with E-state index in [-0.39, 0.29) is 15.3 Å². The molecule has 0 unspecified atom stereocenters. The fourth-order valence-corrected chi connectivity index (χ4v) is 2.11. The van der Waals surface area contributed by atoms with Gasteiger partial charge < -0.3 is 0 Å². The van der Waals surface area contributed by atoms with Gasteiger partial charge in [0.05, 0.1) is 0 Å². The molecular weight excluding hydrogens is 152 g/mol. The molecule has 0 aliphatic carbocycles. The van der Waals surface area contributed by atoms with Crippen molar-refractivity contribution in [2.24, 2.45) is 0 Å². The predicted molar refractivity (Wildman–Crippen MR) is 52.9 cm³/mol. The van der Waals surface area contributed by atoms with Crippen LogP contribution in [0, 0.1) is 0 Å². The van der Waals surface area contributed by atoms with E-state index in [1.165, 1.54) is 0 Å². The number of hydrogen-bond acceptors (Lipinski definition) is 1. The first-order valence-electron chi connectivity index (χ1n) is 4.01. The molecule has 0 spiro atoms. The molecule has 0 aliphatic rings. The number of hydrogen-bond donors (Lipinski definition) is 0. The molecule has 0 saturated carbocycles. The van der Waals surface area contributed by atoms with Crippen molar-refractivity contribution < 1.29 is 4.79 Å². The third-order valence-corrected chi connectivity index (χ3v) is 3.78. The van der Waals surface area contributed by atoms with Crippen LogP contribution in [0.5, 0.6) is 0 Å². The summed E-state index contributed by atoms with van der Waals surface area (Å²) >= 11 is 0. The van der Waals surface area contributed by atoms with Gasteiger partial charge in [-0.05, 0) is 17.5 Å². The van der Waals surface area contributed by atoms with Crippen molar-refractivity contribution in [1.29, 1.82) is 0 Å². The third-order valence-electron chi connectivity index (χ3n) is 1.58. The highest BCUT2D eigenvalue weighted by Crippen LogP contribution is 2.21. The van der Waals surface area contributed by atoms with Crippen LogP contribution in [0.1, 0.15) is 27.7 Å². The number of carbonyl (C=O) groups excluding carboxylic acids is 1. The van der Waals surface area contributed by atoms with Crippen LogP contribution >= 0.6 is 0 Å². The second-order valence-electron chi connectivity index (χ2n) is 4.26. The van der Waals surface area contributed by atoms with E-state index in [0.717, 1.165) is 6.04 Å². The van der Waals surface area contributed by atoms with Crippen LogP contribution < -0.4 is 0 Å². The van der Waals surface area contributed by atoms with Gasteiger partial charge in [0.1, 0.15) is 0 Å². The van der Waals surface area contributed by atoms with Crippen LogP contribution in [0.2, 0.25) is 11.1 Å². The van der Waals surface area contributed by atoms with Gasteiger partial charge in [-0.25, -0.2) is 0 Å². The van der Waals surface area contributed by atoms with Gasteiger partial charge in [-0.15, -0.1) is 0 Å². The average molecular weight is 170 g/mol. The minimum Gasteiger partial charge on any atom is -0.295 e. The molecule has 0 radical (unpaired) electrons. The Bertz CT molecular complexity index is 165. The Hall–Kier alpha value is -0.373. The highest BCUT2D eigenvalue weighted by Gasteiger charge is 2.13. The molecular formula is C9H18OSi. The standard InChI is InChI=1S/C9H18OSi/c1-7(2)8(10)6-11-9(3,4)5/h1,6,11H2,2-5H3. The van der Waals surface area contributed by atoms with E-state index in [9.17, 15) is 4.79 Å². The van der Waals surface area contributed by atoms with Crippen molar-refractivity contribution in [3.8, 4) is 0 Å². The van der Waals surface area contributed by atoms with Crippen LogP contribution in [-0.4, -0.2) is 15.3 Å². The van der Waals surface area contributed by atoms with Crippen LogP contribution in [0.15, 0.2) is 12.2 Å². The summed E-state index contributed by atoms with van der Waals surface area (Å²) in [5, 5.41) is 0.394. The van der Waals surface area contributed by atoms with Crippen molar-refractivity contribution >= 4 is 15.3 Å². The van der Waals surface area contributed by atoms with Gasteiger partial charge in [0.25, 0.3) is 0 Å². The van der Waals surface area contributed by atoms with Crippen molar-refractivity contribution in [2.75, 3.05) is 0 Å². The van der Waals surface area contributed by atoms with Crippen molar-refractivity contribution in [1.82, 2.24) is 0 Å². The number of rotatable bonds is 3. The summed E-state index contributed by atoms with van der Waals surface area (Å²) < 4.78 is 0. The van der Waals surface area contributed by atoms with Gasteiger partial charge in [-0.1, -0.05) is 27.4 Å². The topological polar surface area (TPSA) is 17.1 Å². The Morgan fingerprint density at radius 3 is 2.18 bits per heavy atom. The number of allylic oxidation sites excluding steroid dienone is 1. The first-order chi connectivity index (χ1) is 4.83. The Balaban J connectivity index is 3.73. The first kappa shape index (κ1) is 10.6. The van der Waals surface area contributed by atoms with E-state index in [0.29, 0.717) is 10.6 Å². The van der Waals surface area contributed by atoms with E-state index in [1.54, 1.807) is 6.92 Å². The molecule has 0 N–H and O–H groups in total. The molecule has 1 nitrogen and oxygen atoms in total. The molecule has 0 rings (SSSR count). The molecule has 0 atom stereocenters. The largest absolute Gasteiger partial charge is 0.295 e. The zero-order valence-corrected chi connectivity index (χ0v) is 9.44. The van der Waals surface area contributed by atoms with Gasteiger partial charge in [0.2, 0.25) is 0 Å². The first-order valence-corrected chi connectivity index (χ1v) is 5.72. The smallest absolute Gasteiger partial charge is 0.154 e. The second-order valence-corrected chi connectivity index (χ2v) is 7.39. The number of ketones is 1. The summed E-state index contributed by atoms with van der Waals surface area (Å²) in [6.07, 6.45) is 0. The minimum atomic E-state index is -0.251. The maximum absolute atomic E-state index is 11.1. The molecule has 0 saturated heterocycles. The number of Topliss-reactive ketones (excluding diaryl/α,β-unsaturated/α-hetero) is 1. The Morgan fingerprint density at radius 2 is 1.91 bits per heavy atom. The van der Waals surface area contributed by atoms with Crippen LogP contribution in [0.3, 0.4) is 0 Å². The lowest BCUT2D eigenvalue weighted by Gasteiger charge is -2.15. The average Bonchev–Trinajstić information content (AvgIpc) is 1.80. The third kappa shape index (κ3) is 6.04. The molecule has 0 fully saturated rings. The summed E-state index contributed by atoms with van der Waals surface area (Å²) in [4.78, 5) is 11.1. The molecule has 0 amide bonds. The lowest BCUT2D eigenvalue weighted by Crippen LogP contribution is -2.12. The van der Waals surface area contributed by atoms with E-state index in [2.05, 4.69) is 27.4 Å². The molecule has 64 valence electrons. The van der Waals surface area contributed by atoms with E-state index in [4.69, 9.17) is 0 Å². The minimum absolute atomic E-state index is 0.251. The maximum Gasteiger partial charge on any atom is 0.154 e. The van der Waals surface area contributed by atoms with Gasteiger partial charge in [-0.3, -0.25) is 4.79 Å². The molecule has 0 aromatic carbocycles. The SMILES string of the molecule is C=C(C)C(=O)C[SiH2]C(C)(C)C. The fourth-order valence-electron chi connectivity index (χ4n) is 0.702. The Kier molecular flexibility index (Phi) is 3.73. The van der Waals surface area contributed by atoms with Gasteiger partial charge in [-0.2, -0.15) is 0 Å². The van der Waals surface area contributed by atoms with Crippen molar-refractivity contribution in [2.45, 2.75) is 38.8 Å². The molecule has 2 heteroatoms. The summed E-state index contributed by atoms with van der Waals surface area (Å²) in [6, 6.07) is 0.777. The van der Waals surface area contributed by atoms with Gasteiger partial charge in [0, 0.05) is 15.6 Å². The molecule has 11 heavy (non-hydrogen) atoms. The fraction of sp³-hybridized carbons (Fsp3) is 0.667. The Labute approximate surface area is 71.7 Å². The maximum atomic E-state index is 11.1. The van der Waals surface area contributed by atoms with E-state index < -0.39 is 0 Å². The van der Waals surface area contributed by atoms with Crippen molar-refractivity contribution in [3.05, 3.63) is 12.2 Å². The molecule has 0 heterocycles. The molecule has 0 bridgehead atoms. The quantitative estimate of drug-likeness (QED) is 0.467. The van der Waals surface area contributed by atoms with E-state index >= 15 is 0 Å².